The van der Waals surface area contributed by atoms with Crippen LogP contribution in [-0.4, -0.2) is 79.6 Å². The second-order valence-electron chi connectivity index (χ2n) is 5.98. The molecule has 0 spiro atoms. The van der Waals surface area contributed by atoms with Crippen LogP contribution in [0.5, 0.6) is 0 Å². The third-order valence-electron chi connectivity index (χ3n) is 4.42. The standard InChI is InChI=1S/C15H26N6S/c1-12-9-18-14(22-12)3-4-17-15(16-2)19-10-13-11-20-5-7-21(13)8-6-20/h9,13H,3-8,10-11H2,1-2H3,(H2,16,17,19). The van der Waals surface area contributed by atoms with Crippen molar-refractivity contribution in [1.29, 1.82) is 0 Å². The molecule has 2 bridgehead atoms. The fourth-order valence-electron chi connectivity index (χ4n) is 3.16. The van der Waals surface area contributed by atoms with E-state index in [4.69, 9.17) is 0 Å². The summed E-state index contributed by atoms with van der Waals surface area (Å²) < 4.78 is 0. The summed E-state index contributed by atoms with van der Waals surface area (Å²) in [6.45, 7) is 10.00. The minimum Gasteiger partial charge on any atom is -0.356 e. The molecule has 4 rings (SSSR count). The van der Waals surface area contributed by atoms with Gasteiger partial charge in [0.15, 0.2) is 5.96 Å². The highest BCUT2D eigenvalue weighted by atomic mass is 32.1. The van der Waals surface area contributed by atoms with Gasteiger partial charge < -0.3 is 10.6 Å². The summed E-state index contributed by atoms with van der Waals surface area (Å²) in [6.07, 6.45) is 2.89. The zero-order chi connectivity index (χ0) is 15.4. The highest BCUT2D eigenvalue weighted by Crippen LogP contribution is 2.14. The molecule has 2 N–H and O–H groups in total. The highest BCUT2D eigenvalue weighted by molar-refractivity contribution is 7.11. The molecule has 3 saturated heterocycles. The van der Waals surface area contributed by atoms with Crippen LogP contribution >= 0.6 is 11.3 Å². The average Bonchev–Trinajstić information content (AvgIpc) is 2.97. The number of fused-ring (bicyclic) bond motifs is 3. The largest absolute Gasteiger partial charge is 0.356 e. The van der Waals surface area contributed by atoms with Gasteiger partial charge in [-0.25, -0.2) is 4.98 Å². The number of nitrogens with zero attached hydrogens (tertiary/aromatic N) is 4. The Morgan fingerprint density at radius 1 is 1.36 bits per heavy atom. The van der Waals surface area contributed by atoms with Gasteiger partial charge in [-0.15, -0.1) is 11.3 Å². The van der Waals surface area contributed by atoms with E-state index < -0.39 is 0 Å². The van der Waals surface area contributed by atoms with Gasteiger partial charge in [0.1, 0.15) is 0 Å². The molecule has 3 aliphatic heterocycles. The first-order valence-electron chi connectivity index (χ1n) is 8.07. The first kappa shape index (κ1) is 15.7. The van der Waals surface area contributed by atoms with Crippen molar-refractivity contribution in [2.24, 2.45) is 4.99 Å². The summed E-state index contributed by atoms with van der Waals surface area (Å²) in [5.74, 6) is 0.894. The van der Waals surface area contributed by atoms with E-state index in [2.05, 4.69) is 37.3 Å². The molecule has 0 aliphatic carbocycles. The molecule has 0 aromatic carbocycles. The van der Waals surface area contributed by atoms with Crippen molar-refractivity contribution < 1.29 is 0 Å². The second-order valence-corrected chi connectivity index (χ2v) is 7.30. The van der Waals surface area contributed by atoms with Crippen LogP contribution in [0.3, 0.4) is 0 Å². The Labute approximate surface area is 136 Å². The number of aromatic nitrogens is 1. The van der Waals surface area contributed by atoms with Crippen LogP contribution in [0.4, 0.5) is 0 Å². The van der Waals surface area contributed by atoms with Crippen LogP contribution in [0.15, 0.2) is 11.2 Å². The van der Waals surface area contributed by atoms with Gasteiger partial charge in [0.2, 0.25) is 0 Å². The van der Waals surface area contributed by atoms with Gasteiger partial charge in [-0.3, -0.25) is 14.8 Å². The van der Waals surface area contributed by atoms with E-state index in [1.807, 2.05) is 13.2 Å². The lowest BCUT2D eigenvalue weighted by molar-refractivity contribution is 0.0154. The lowest BCUT2D eigenvalue weighted by Crippen LogP contribution is -2.63. The molecule has 22 heavy (non-hydrogen) atoms. The number of hydrogen-bond donors (Lipinski definition) is 2. The van der Waals surface area contributed by atoms with Crippen LogP contribution in [0, 0.1) is 6.92 Å². The molecular formula is C15H26N6S. The van der Waals surface area contributed by atoms with Crippen molar-refractivity contribution in [1.82, 2.24) is 25.4 Å². The molecule has 1 aromatic heterocycles. The number of hydrogen-bond acceptors (Lipinski definition) is 5. The van der Waals surface area contributed by atoms with Crippen LogP contribution in [0.2, 0.25) is 0 Å². The van der Waals surface area contributed by atoms with E-state index in [0.717, 1.165) is 25.5 Å². The summed E-state index contributed by atoms with van der Waals surface area (Å²) >= 11 is 1.77. The minimum atomic E-state index is 0.614. The van der Waals surface area contributed by atoms with Gasteiger partial charge >= 0.3 is 0 Å². The number of guanidine groups is 1. The van der Waals surface area contributed by atoms with Crippen molar-refractivity contribution in [2.45, 2.75) is 19.4 Å². The molecule has 4 heterocycles. The lowest BCUT2D eigenvalue weighted by Gasteiger charge is -2.47. The Hall–Kier alpha value is -1.18. The Bertz CT molecular complexity index is 506. The van der Waals surface area contributed by atoms with Gasteiger partial charge in [-0.2, -0.15) is 0 Å². The maximum Gasteiger partial charge on any atom is 0.191 e. The SMILES string of the molecule is CN=C(NCCc1ncc(C)s1)NCC1CN2CCN1CC2. The third kappa shape index (κ3) is 3.97. The summed E-state index contributed by atoms with van der Waals surface area (Å²) in [5.41, 5.74) is 0. The maximum absolute atomic E-state index is 4.39. The predicted octanol–water partition coefficient (Wildman–Crippen LogP) is 0.159. The molecule has 1 aromatic rings. The predicted molar refractivity (Wildman–Crippen MR) is 91.7 cm³/mol. The Kier molecular flexibility index (Phi) is 5.28. The van der Waals surface area contributed by atoms with Crippen molar-refractivity contribution >= 4 is 17.3 Å². The lowest BCUT2D eigenvalue weighted by atomic mass is 10.1. The zero-order valence-corrected chi connectivity index (χ0v) is 14.3. The number of aliphatic imine (C=N–C) groups is 1. The molecule has 0 amide bonds. The summed E-state index contributed by atoms with van der Waals surface area (Å²) in [4.78, 5) is 15.1. The highest BCUT2D eigenvalue weighted by Gasteiger charge is 2.31. The third-order valence-corrected chi connectivity index (χ3v) is 5.39. The van der Waals surface area contributed by atoms with E-state index in [1.54, 1.807) is 11.3 Å². The van der Waals surface area contributed by atoms with Crippen molar-refractivity contribution in [2.75, 3.05) is 52.9 Å². The van der Waals surface area contributed by atoms with Crippen molar-refractivity contribution in [3.8, 4) is 0 Å². The number of aryl methyl sites for hydroxylation is 1. The minimum absolute atomic E-state index is 0.614. The van der Waals surface area contributed by atoms with Crippen LogP contribution in [0.1, 0.15) is 9.88 Å². The first-order chi connectivity index (χ1) is 10.7. The van der Waals surface area contributed by atoms with E-state index >= 15 is 0 Å². The molecule has 3 aliphatic rings. The van der Waals surface area contributed by atoms with E-state index in [1.165, 1.54) is 42.6 Å². The van der Waals surface area contributed by atoms with Crippen molar-refractivity contribution in [3.63, 3.8) is 0 Å². The number of thiazole rings is 1. The normalized spacial score (nSPS) is 27.9. The fraction of sp³-hybridized carbons (Fsp3) is 0.733. The van der Waals surface area contributed by atoms with Gasteiger partial charge in [-0.1, -0.05) is 0 Å². The molecule has 1 atom stereocenters. The van der Waals surface area contributed by atoms with Crippen molar-refractivity contribution in [3.05, 3.63) is 16.1 Å². The summed E-state index contributed by atoms with van der Waals surface area (Å²) in [5, 5.41) is 8.04. The van der Waals surface area contributed by atoms with E-state index in [0.29, 0.717) is 6.04 Å². The quantitative estimate of drug-likeness (QED) is 0.597. The molecule has 6 nitrogen and oxygen atoms in total. The second kappa shape index (κ2) is 7.39. The molecule has 0 saturated carbocycles. The van der Waals surface area contributed by atoms with E-state index in [-0.39, 0.29) is 0 Å². The van der Waals surface area contributed by atoms with Crippen LogP contribution in [0.25, 0.3) is 0 Å². The topological polar surface area (TPSA) is 55.8 Å². The fourth-order valence-corrected chi connectivity index (χ4v) is 3.94. The molecular weight excluding hydrogens is 296 g/mol. The van der Waals surface area contributed by atoms with Gasteiger partial charge in [-0.05, 0) is 6.92 Å². The van der Waals surface area contributed by atoms with E-state index in [9.17, 15) is 0 Å². The molecule has 3 fully saturated rings. The maximum atomic E-state index is 4.39. The molecule has 7 heteroatoms. The summed E-state index contributed by atoms with van der Waals surface area (Å²) in [6, 6.07) is 0.614. The smallest absolute Gasteiger partial charge is 0.191 e. The Morgan fingerprint density at radius 3 is 2.77 bits per heavy atom. The number of rotatable bonds is 5. The monoisotopic (exact) mass is 322 g/mol. The van der Waals surface area contributed by atoms with Gasteiger partial charge in [0.25, 0.3) is 0 Å². The molecule has 122 valence electrons. The Morgan fingerprint density at radius 2 is 2.18 bits per heavy atom. The van der Waals surface area contributed by atoms with Gasteiger partial charge in [0, 0.05) is 76.4 Å². The van der Waals surface area contributed by atoms with Gasteiger partial charge in [0.05, 0.1) is 5.01 Å². The first-order valence-corrected chi connectivity index (χ1v) is 8.88. The average molecular weight is 322 g/mol. The Balaban J connectivity index is 1.39. The molecule has 0 radical (unpaired) electrons. The molecule has 1 unspecified atom stereocenters. The summed E-state index contributed by atoms with van der Waals surface area (Å²) in [7, 11) is 1.83. The number of nitrogens with one attached hydrogen (secondary N) is 2. The zero-order valence-electron chi connectivity index (χ0n) is 13.5. The van der Waals surface area contributed by atoms with Crippen LogP contribution < -0.4 is 10.6 Å². The van der Waals surface area contributed by atoms with Crippen LogP contribution in [-0.2, 0) is 6.42 Å². The number of piperazine rings is 3.